The zero-order valence-corrected chi connectivity index (χ0v) is 12.7. The molecule has 0 radical (unpaired) electrons. The van der Waals surface area contributed by atoms with Gasteiger partial charge in [-0.2, -0.15) is 0 Å². The number of hydrogen-bond donors (Lipinski definition) is 1. The van der Waals surface area contributed by atoms with Gasteiger partial charge in [0.15, 0.2) is 0 Å². The van der Waals surface area contributed by atoms with Crippen molar-refractivity contribution in [3.63, 3.8) is 0 Å². The molecule has 2 rings (SSSR count). The summed E-state index contributed by atoms with van der Waals surface area (Å²) in [4.78, 5) is 14.5. The first-order chi connectivity index (χ1) is 9.77. The smallest absolute Gasteiger partial charge is 0.252 e. The van der Waals surface area contributed by atoms with Crippen LogP contribution in [-0.4, -0.2) is 37.0 Å². The molecule has 1 amide bonds. The summed E-state index contributed by atoms with van der Waals surface area (Å²) < 4.78 is 0. The van der Waals surface area contributed by atoms with E-state index < -0.39 is 0 Å². The summed E-state index contributed by atoms with van der Waals surface area (Å²) in [6.07, 6.45) is 6.21. The van der Waals surface area contributed by atoms with Crippen molar-refractivity contribution in [2.75, 3.05) is 26.2 Å². The molecule has 1 heterocycles. The third kappa shape index (κ3) is 4.80. The van der Waals surface area contributed by atoms with Gasteiger partial charge in [0.1, 0.15) is 0 Å². The summed E-state index contributed by atoms with van der Waals surface area (Å²) in [6.45, 7) is 4.36. The van der Waals surface area contributed by atoms with Crippen molar-refractivity contribution in [3.05, 3.63) is 34.9 Å². The van der Waals surface area contributed by atoms with E-state index in [9.17, 15) is 4.79 Å². The molecule has 4 heteroatoms. The molecular formula is C16H23ClN2O. The molecule has 3 nitrogen and oxygen atoms in total. The van der Waals surface area contributed by atoms with Crippen molar-refractivity contribution >= 4 is 17.5 Å². The minimum atomic E-state index is -0.0754. The number of piperidine rings is 1. The largest absolute Gasteiger partial charge is 0.352 e. The lowest BCUT2D eigenvalue weighted by Crippen LogP contribution is -2.31. The van der Waals surface area contributed by atoms with Gasteiger partial charge < -0.3 is 10.2 Å². The molecule has 0 spiro atoms. The second-order valence-electron chi connectivity index (χ2n) is 5.35. The van der Waals surface area contributed by atoms with Crippen LogP contribution in [0.1, 0.15) is 42.5 Å². The van der Waals surface area contributed by atoms with Crippen LogP contribution in [0.2, 0.25) is 5.02 Å². The zero-order valence-electron chi connectivity index (χ0n) is 11.9. The topological polar surface area (TPSA) is 32.3 Å². The van der Waals surface area contributed by atoms with E-state index >= 15 is 0 Å². The van der Waals surface area contributed by atoms with Crippen LogP contribution in [0, 0.1) is 0 Å². The Balaban J connectivity index is 1.61. The number of halogens is 1. The number of unbranched alkanes of at least 4 members (excludes halogenated alkanes) is 1. The summed E-state index contributed by atoms with van der Waals surface area (Å²) >= 11 is 5.99. The van der Waals surface area contributed by atoms with Crippen molar-refractivity contribution in [2.45, 2.75) is 32.1 Å². The van der Waals surface area contributed by atoms with Crippen molar-refractivity contribution in [3.8, 4) is 0 Å². The van der Waals surface area contributed by atoms with Gasteiger partial charge in [0.05, 0.1) is 10.6 Å². The van der Waals surface area contributed by atoms with Gasteiger partial charge in [-0.15, -0.1) is 0 Å². The zero-order chi connectivity index (χ0) is 14.2. The number of nitrogens with zero attached hydrogens (tertiary/aromatic N) is 1. The van der Waals surface area contributed by atoms with Crippen molar-refractivity contribution in [1.29, 1.82) is 0 Å². The quantitative estimate of drug-likeness (QED) is 0.816. The van der Waals surface area contributed by atoms with Crippen LogP contribution < -0.4 is 5.32 Å². The molecule has 0 bridgehead atoms. The van der Waals surface area contributed by atoms with Gasteiger partial charge in [-0.3, -0.25) is 4.79 Å². The fourth-order valence-corrected chi connectivity index (χ4v) is 2.81. The first kappa shape index (κ1) is 15.3. The molecule has 1 aromatic carbocycles. The van der Waals surface area contributed by atoms with Crippen molar-refractivity contribution in [1.82, 2.24) is 10.2 Å². The van der Waals surface area contributed by atoms with E-state index in [4.69, 9.17) is 11.6 Å². The van der Waals surface area contributed by atoms with Gasteiger partial charge in [0.2, 0.25) is 0 Å². The fraction of sp³-hybridized carbons (Fsp3) is 0.562. The molecule has 1 N–H and O–H groups in total. The molecule has 20 heavy (non-hydrogen) atoms. The Bertz CT molecular complexity index is 430. The highest BCUT2D eigenvalue weighted by Gasteiger charge is 2.10. The SMILES string of the molecule is O=C(NCCCCN1CCCCC1)c1ccccc1Cl. The third-order valence-electron chi connectivity index (χ3n) is 3.75. The summed E-state index contributed by atoms with van der Waals surface area (Å²) in [5.41, 5.74) is 0.560. The standard InChI is InChI=1S/C16H23ClN2O/c17-15-9-3-2-8-14(15)16(20)18-10-4-7-13-19-11-5-1-6-12-19/h2-3,8-9H,1,4-7,10-13H2,(H,18,20). The number of rotatable bonds is 6. The lowest BCUT2D eigenvalue weighted by atomic mass is 10.1. The Kier molecular flexibility index (Phi) is 6.34. The number of likely N-dealkylation sites (tertiary alicyclic amines) is 1. The molecular weight excluding hydrogens is 272 g/mol. The van der Waals surface area contributed by atoms with E-state index in [-0.39, 0.29) is 5.91 Å². The Hall–Kier alpha value is -1.06. The maximum absolute atomic E-state index is 11.9. The predicted octanol–water partition coefficient (Wildman–Crippen LogP) is 3.34. The molecule has 1 aliphatic rings. The van der Waals surface area contributed by atoms with Gasteiger partial charge in [0.25, 0.3) is 5.91 Å². The lowest BCUT2D eigenvalue weighted by molar-refractivity contribution is 0.0952. The average molecular weight is 295 g/mol. The first-order valence-corrected chi connectivity index (χ1v) is 7.90. The predicted molar refractivity (Wildman–Crippen MR) is 83.3 cm³/mol. The first-order valence-electron chi connectivity index (χ1n) is 7.52. The van der Waals surface area contributed by atoms with Crippen LogP contribution in [0.5, 0.6) is 0 Å². The van der Waals surface area contributed by atoms with Gasteiger partial charge >= 0.3 is 0 Å². The van der Waals surface area contributed by atoms with Crippen LogP contribution in [0.4, 0.5) is 0 Å². The minimum Gasteiger partial charge on any atom is -0.352 e. The summed E-state index contributed by atoms with van der Waals surface area (Å²) in [5.74, 6) is -0.0754. The van der Waals surface area contributed by atoms with E-state index in [1.165, 1.54) is 32.4 Å². The maximum atomic E-state index is 11.9. The van der Waals surface area contributed by atoms with E-state index in [0.29, 0.717) is 10.6 Å². The van der Waals surface area contributed by atoms with E-state index in [2.05, 4.69) is 10.2 Å². The Morgan fingerprint density at radius 2 is 1.90 bits per heavy atom. The average Bonchev–Trinajstić information content (AvgIpc) is 2.48. The van der Waals surface area contributed by atoms with Crippen LogP contribution >= 0.6 is 11.6 Å². The number of carbonyl (C=O) groups excluding carboxylic acids is 1. The fourth-order valence-electron chi connectivity index (χ4n) is 2.59. The molecule has 1 saturated heterocycles. The molecule has 1 aromatic rings. The van der Waals surface area contributed by atoms with Gasteiger partial charge in [-0.1, -0.05) is 30.2 Å². The highest BCUT2D eigenvalue weighted by atomic mass is 35.5. The number of hydrogen-bond acceptors (Lipinski definition) is 2. The Morgan fingerprint density at radius 1 is 1.15 bits per heavy atom. The van der Waals surface area contributed by atoms with Crippen LogP contribution in [0.25, 0.3) is 0 Å². The van der Waals surface area contributed by atoms with Crippen molar-refractivity contribution < 1.29 is 4.79 Å². The summed E-state index contributed by atoms with van der Waals surface area (Å²) in [6, 6.07) is 7.16. The maximum Gasteiger partial charge on any atom is 0.252 e. The molecule has 1 aliphatic heterocycles. The van der Waals surface area contributed by atoms with E-state index in [0.717, 1.165) is 25.9 Å². The minimum absolute atomic E-state index is 0.0754. The summed E-state index contributed by atoms with van der Waals surface area (Å²) in [5, 5.41) is 3.45. The van der Waals surface area contributed by atoms with E-state index in [1.807, 2.05) is 12.1 Å². The Morgan fingerprint density at radius 3 is 2.65 bits per heavy atom. The van der Waals surface area contributed by atoms with E-state index in [1.54, 1.807) is 12.1 Å². The molecule has 0 atom stereocenters. The molecule has 1 fully saturated rings. The van der Waals surface area contributed by atoms with Crippen molar-refractivity contribution in [2.24, 2.45) is 0 Å². The highest BCUT2D eigenvalue weighted by molar-refractivity contribution is 6.33. The molecule has 0 aliphatic carbocycles. The molecule has 0 saturated carbocycles. The lowest BCUT2D eigenvalue weighted by Gasteiger charge is -2.26. The van der Waals surface area contributed by atoms with Crippen LogP contribution in [0.15, 0.2) is 24.3 Å². The van der Waals surface area contributed by atoms with Crippen LogP contribution in [0.3, 0.4) is 0 Å². The van der Waals surface area contributed by atoms with Gasteiger partial charge in [-0.25, -0.2) is 0 Å². The number of amides is 1. The second kappa shape index (κ2) is 8.28. The monoisotopic (exact) mass is 294 g/mol. The molecule has 0 unspecified atom stereocenters. The summed E-state index contributed by atoms with van der Waals surface area (Å²) in [7, 11) is 0. The molecule has 110 valence electrons. The number of benzene rings is 1. The van der Waals surface area contributed by atoms with Gasteiger partial charge in [-0.05, 0) is 57.5 Å². The third-order valence-corrected chi connectivity index (χ3v) is 4.08. The Labute approximate surface area is 126 Å². The highest BCUT2D eigenvalue weighted by Crippen LogP contribution is 2.14. The van der Waals surface area contributed by atoms with Crippen LogP contribution in [-0.2, 0) is 0 Å². The van der Waals surface area contributed by atoms with Gasteiger partial charge in [0, 0.05) is 6.54 Å². The second-order valence-corrected chi connectivity index (χ2v) is 5.75. The number of nitrogens with one attached hydrogen (secondary N) is 1. The number of carbonyl (C=O) groups is 1. The molecule has 0 aromatic heterocycles. The normalized spacial score (nSPS) is 16.1.